The molecule has 2 rings (SSSR count). The van der Waals surface area contributed by atoms with E-state index in [0.29, 0.717) is 21.8 Å². The summed E-state index contributed by atoms with van der Waals surface area (Å²) >= 11 is 6.06. The number of oxime groups is 1. The first-order valence-electron chi connectivity index (χ1n) is 6.16. The van der Waals surface area contributed by atoms with E-state index in [1.807, 2.05) is 13.0 Å². The van der Waals surface area contributed by atoms with Crippen molar-refractivity contribution in [1.29, 1.82) is 0 Å². The molecular weight excluding hydrogens is 290 g/mol. The van der Waals surface area contributed by atoms with Crippen LogP contribution in [0.4, 0.5) is 5.69 Å². The number of rotatable bonds is 3. The first-order chi connectivity index (χ1) is 10.0. The van der Waals surface area contributed by atoms with E-state index in [0.717, 1.165) is 5.56 Å². The summed E-state index contributed by atoms with van der Waals surface area (Å²) in [5.41, 5.74) is 8.01. The lowest BCUT2D eigenvalue weighted by Gasteiger charge is -2.08. The van der Waals surface area contributed by atoms with Crippen molar-refractivity contribution in [3.8, 4) is 0 Å². The molecule has 0 aliphatic rings. The molecule has 0 spiro atoms. The third-order valence-corrected chi connectivity index (χ3v) is 3.23. The number of hydrogen-bond donors (Lipinski definition) is 3. The average Bonchev–Trinajstić information content (AvgIpc) is 2.47. The van der Waals surface area contributed by atoms with Crippen molar-refractivity contribution in [2.24, 2.45) is 10.9 Å². The molecule has 0 aliphatic heterocycles. The Morgan fingerprint density at radius 2 is 1.90 bits per heavy atom. The van der Waals surface area contributed by atoms with E-state index in [1.165, 1.54) is 0 Å². The van der Waals surface area contributed by atoms with Gasteiger partial charge in [-0.15, -0.1) is 0 Å². The molecule has 0 heterocycles. The average molecular weight is 304 g/mol. The summed E-state index contributed by atoms with van der Waals surface area (Å²) < 4.78 is 0. The van der Waals surface area contributed by atoms with Crippen LogP contribution >= 0.6 is 11.6 Å². The van der Waals surface area contributed by atoms with Crippen LogP contribution < -0.4 is 11.1 Å². The number of aryl methyl sites for hydroxylation is 1. The van der Waals surface area contributed by atoms with Gasteiger partial charge in [0, 0.05) is 11.3 Å². The van der Waals surface area contributed by atoms with Crippen molar-refractivity contribution < 1.29 is 10.0 Å². The molecule has 0 bridgehead atoms. The Balaban J connectivity index is 2.16. The van der Waals surface area contributed by atoms with Crippen LogP contribution in [0.2, 0.25) is 5.02 Å². The van der Waals surface area contributed by atoms with Crippen LogP contribution in [0.3, 0.4) is 0 Å². The summed E-state index contributed by atoms with van der Waals surface area (Å²) in [6.07, 6.45) is 0. The number of nitrogens with zero attached hydrogens (tertiary/aromatic N) is 1. The van der Waals surface area contributed by atoms with Gasteiger partial charge in [0.15, 0.2) is 5.84 Å². The predicted octanol–water partition coefficient (Wildman–Crippen LogP) is 3.00. The Bertz CT molecular complexity index is 697. The lowest BCUT2D eigenvalue weighted by molar-refractivity contribution is 0.102. The van der Waals surface area contributed by atoms with E-state index in [4.69, 9.17) is 22.5 Å². The number of amidine groups is 1. The maximum atomic E-state index is 12.1. The minimum atomic E-state index is -0.295. The van der Waals surface area contributed by atoms with Gasteiger partial charge in [-0.25, -0.2) is 0 Å². The highest BCUT2D eigenvalue weighted by atomic mass is 35.5. The van der Waals surface area contributed by atoms with Crippen LogP contribution in [0.15, 0.2) is 47.6 Å². The fraction of sp³-hybridized carbons (Fsp3) is 0.0667. The van der Waals surface area contributed by atoms with Gasteiger partial charge in [0.1, 0.15) is 0 Å². The Kier molecular flexibility index (Phi) is 4.45. The smallest absolute Gasteiger partial charge is 0.257 e. The van der Waals surface area contributed by atoms with E-state index in [-0.39, 0.29) is 11.7 Å². The van der Waals surface area contributed by atoms with Crippen molar-refractivity contribution >= 4 is 29.0 Å². The molecule has 0 aliphatic carbocycles. The van der Waals surface area contributed by atoms with Crippen LogP contribution in [-0.4, -0.2) is 17.0 Å². The quantitative estimate of drug-likeness (QED) is 0.352. The topological polar surface area (TPSA) is 87.7 Å². The molecule has 108 valence electrons. The van der Waals surface area contributed by atoms with E-state index in [2.05, 4.69) is 10.5 Å². The summed E-state index contributed by atoms with van der Waals surface area (Å²) in [5, 5.41) is 14.6. The molecule has 5 nitrogen and oxygen atoms in total. The van der Waals surface area contributed by atoms with Gasteiger partial charge >= 0.3 is 0 Å². The van der Waals surface area contributed by atoms with E-state index in [9.17, 15) is 4.79 Å². The van der Waals surface area contributed by atoms with E-state index < -0.39 is 0 Å². The Morgan fingerprint density at radius 3 is 2.48 bits per heavy atom. The van der Waals surface area contributed by atoms with Gasteiger partial charge in [0.25, 0.3) is 5.91 Å². The molecule has 6 heteroatoms. The van der Waals surface area contributed by atoms with Crippen molar-refractivity contribution in [2.45, 2.75) is 6.92 Å². The third-order valence-electron chi connectivity index (χ3n) is 2.92. The number of nitrogens with two attached hydrogens (primary N) is 1. The molecule has 2 aromatic rings. The second-order valence-electron chi connectivity index (χ2n) is 4.50. The zero-order valence-electron chi connectivity index (χ0n) is 11.3. The van der Waals surface area contributed by atoms with Crippen molar-refractivity contribution in [2.75, 3.05) is 5.32 Å². The lowest BCUT2D eigenvalue weighted by Crippen LogP contribution is -2.14. The first-order valence-corrected chi connectivity index (χ1v) is 6.54. The Morgan fingerprint density at radius 1 is 1.24 bits per heavy atom. The van der Waals surface area contributed by atoms with E-state index in [1.54, 1.807) is 36.4 Å². The molecule has 0 unspecified atom stereocenters. The highest BCUT2D eigenvalue weighted by Gasteiger charge is 2.10. The number of anilines is 1. The zero-order chi connectivity index (χ0) is 15.4. The maximum Gasteiger partial charge on any atom is 0.257 e. The fourth-order valence-corrected chi connectivity index (χ4v) is 2.11. The van der Waals surface area contributed by atoms with Crippen LogP contribution in [0.5, 0.6) is 0 Å². The molecule has 4 N–H and O–H groups in total. The SMILES string of the molecule is Cc1ccc(C(=O)Nc2ccc(/C(N)=N/O)cc2)c(Cl)c1. The zero-order valence-corrected chi connectivity index (χ0v) is 12.1. The van der Waals surface area contributed by atoms with Crippen LogP contribution in [0, 0.1) is 6.92 Å². The van der Waals surface area contributed by atoms with Crippen LogP contribution in [0.1, 0.15) is 21.5 Å². The largest absolute Gasteiger partial charge is 0.409 e. The molecule has 2 aromatic carbocycles. The molecule has 0 radical (unpaired) electrons. The molecule has 0 atom stereocenters. The van der Waals surface area contributed by atoms with Crippen LogP contribution in [-0.2, 0) is 0 Å². The number of carbonyl (C=O) groups excluding carboxylic acids is 1. The van der Waals surface area contributed by atoms with Gasteiger partial charge < -0.3 is 16.3 Å². The van der Waals surface area contributed by atoms with Crippen molar-refractivity contribution in [3.05, 3.63) is 64.2 Å². The van der Waals surface area contributed by atoms with Gasteiger partial charge in [0.2, 0.25) is 0 Å². The third kappa shape index (κ3) is 3.52. The number of carbonyl (C=O) groups is 1. The number of halogens is 1. The molecule has 0 saturated carbocycles. The Labute approximate surface area is 127 Å². The normalized spacial score (nSPS) is 11.2. The van der Waals surface area contributed by atoms with Crippen LogP contribution in [0.25, 0.3) is 0 Å². The highest BCUT2D eigenvalue weighted by Crippen LogP contribution is 2.19. The van der Waals surface area contributed by atoms with Crippen molar-refractivity contribution in [1.82, 2.24) is 0 Å². The number of amides is 1. The summed E-state index contributed by atoms with van der Waals surface area (Å²) in [5.74, 6) is -0.286. The standard InChI is InChI=1S/C15H14ClN3O2/c1-9-2-7-12(13(16)8-9)15(20)18-11-5-3-10(4-6-11)14(17)19-21/h2-8,21H,1H3,(H2,17,19)(H,18,20). The second-order valence-corrected chi connectivity index (χ2v) is 4.91. The predicted molar refractivity (Wildman–Crippen MR) is 83.1 cm³/mol. The fourth-order valence-electron chi connectivity index (χ4n) is 1.78. The minimum Gasteiger partial charge on any atom is -0.409 e. The number of nitrogens with one attached hydrogen (secondary N) is 1. The minimum absolute atomic E-state index is 0.00876. The molecule has 0 aromatic heterocycles. The summed E-state index contributed by atoms with van der Waals surface area (Å²) in [7, 11) is 0. The monoisotopic (exact) mass is 303 g/mol. The highest BCUT2D eigenvalue weighted by molar-refractivity contribution is 6.34. The summed E-state index contributed by atoms with van der Waals surface area (Å²) in [6, 6.07) is 11.8. The van der Waals surface area contributed by atoms with Crippen molar-refractivity contribution in [3.63, 3.8) is 0 Å². The number of benzene rings is 2. The van der Waals surface area contributed by atoms with Gasteiger partial charge in [-0.1, -0.05) is 22.8 Å². The summed E-state index contributed by atoms with van der Waals surface area (Å²) in [6.45, 7) is 1.90. The lowest BCUT2D eigenvalue weighted by atomic mass is 10.1. The van der Waals surface area contributed by atoms with Gasteiger partial charge in [-0.05, 0) is 48.9 Å². The van der Waals surface area contributed by atoms with Gasteiger partial charge in [-0.3, -0.25) is 4.79 Å². The molecule has 0 fully saturated rings. The second kappa shape index (κ2) is 6.28. The molecule has 21 heavy (non-hydrogen) atoms. The van der Waals surface area contributed by atoms with E-state index >= 15 is 0 Å². The molecular formula is C15H14ClN3O2. The first kappa shape index (κ1) is 14.9. The molecule has 1 amide bonds. The molecule has 0 saturated heterocycles. The maximum absolute atomic E-state index is 12.1. The summed E-state index contributed by atoms with van der Waals surface area (Å²) in [4.78, 5) is 12.1. The number of hydrogen-bond acceptors (Lipinski definition) is 3. The Hall–Kier alpha value is -2.53. The van der Waals surface area contributed by atoms with Gasteiger partial charge in [0.05, 0.1) is 10.6 Å². The van der Waals surface area contributed by atoms with Gasteiger partial charge in [-0.2, -0.15) is 0 Å².